The Morgan fingerprint density at radius 1 is 1.11 bits per heavy atom. The Morgan fingerprint density at radius 2 is 1.72 bits per heavy atom. The number of hydrogen-bond acceptors (Lipinski definition) is 4. The molecule has 102 valence electrons. The lowest BCUT2D eigenvalue weighted by Gasteiger charge is -2.13. The molecular weight excluding hydrogens is 268 g/mol. The number of rotatable bonds is 8. The number of amides is 2. The molecule has 0 aliphatic heterocycles. The lowest BCUT2D eigenvalue weighted by molar-refractivity contribution is -0.142. The largest absolute Gasteiger partial charge is 0.480 e. The number of aliphatic carboxylic acids is 2. The molecule has 8 nitrogen and oxygen atoms in total. The van der Waals surface area contributed by atoms with Gasteiger partial charge in [0.25, 0.3) is 0 Å². The zero-order chi connectivity index (χ0) is 14.1. The van der Waals surface area contributed by atoms with Crippen LogP contribution in [0, 0.1) is 0 Å². The van der Waals surface area contributed by atoms with Crippen LogP contribution in [-0.2, 0) is 19.2 Å². The third-order valence-corrected chi connectivity index (χ3v) is 2.09. The summed E-state index contributed by atoms with van der Waals surface area (Å²) in [6.07, 6.45) is -0.365. The minimum absolute atomic E-state index is 0.149. The van der Waals surface area contributed by atoms with Crippen molar-refractivity contribution in [1.29, 1.82) is 0 Å². The minimum Gasteiger partial charge on any atom is -0.480 e. The first-order valence-corrected chi connectivity index (χ1v) is 5.47. The Kier molecular flexibility index (Phi) is 7.45. The molecule has 18 heavy (non-hydrogen) atoms. The first kappa shape index (κ1) is 16.2. The van der Waals surface area contributed by atoms with Crippen molar-refractivity contribution in [2.75, 3.05) is 12.4 Å². The highest BCUT2D eigenvalue weighted by Crippen LogP contribution is 1.98. The highest BCUT2D eigenvalue weighted by atomic mass is 35.5. The average molecular weight is 281 g/mol. The van der Waals surface area contributed by atoms with Crippen molar-refractivity contribution < 1.29 is 29.4 Å². The fourth-order valence-corrected chi connectivity index (χ4v) is 1.11. The summed E-state index contributed by atoms with van der Waals surface area (Å²) >= 11 is 5.20. The molecule has 9 heteroatoms. The smallest absolute Gasteiger partial charge is 0.326 e. The average Bonchev–Trinajstić information content (AvgIpc) is 2.30. The van der Waals surface area contributed by atoms with Crippen LogP contribution in [0.3, 0.4) is 0 Å². The molecule has 0 aliphatic rings. The molecule has 1 unspecified atom stereocenters. The van der Waals surface area contributed by atoms with E-state index in [9.17, 15) is 19.2 Å². The number of carboxylic acid groups (broad SMARTS) is 2. The van der Waals surface area contributed by atoms with Crippen molar-refractivity contribution in [2.24, 2.45) is 0 Å². The summed E-state index contributed by atoms with van der Waals surface area (Å²) in [7, 11) is 0. The molecular formula is C9H13ClN2O6. The summed E-state index contributed by atoms with van der Waals surface area (Å²) in [6, 6.07) is -1.23. The van der Waals surface area contributed by atoms with Gasteiger partial charge in [-0.15, -0.1) is 11.6 Å². The second-order valence-electron chi connectivity index (χ2n) is 3.30. The molecule has 2 amide bonds. The topological polar surface area (TPSA) is 133 Å². The fourth-order valence-electron chi connectivity index (χ4n) is 1.03. The van der Waals surface area contributed by atoms with Crippen molar-refractivity contribution in [3.05, 3.63) is 0 Å². The van der Waals surface area contributed by atoms with Crippen LogP contribution in [0.2, 0.25) is 0 Å². The number of halogens is 1. The molecule has 0 aromatic heterocycles. The summed E-state index contributed by atoms with van der Waals surface area (Å²) in [4.78, 5) is 42.9. The van der Waals surface area contributed by atoms with Gasteiger partial charge in [0.05, 0.1) is 0 Å². The van der Waals surface area contributed by atoms with Gasteiger partial charge in [-0.25, -0.2) is 4.79 Å². The van der Waals surface area contributed by atoms with E-state index in [4.69, 9.17) is 21.8 Å². The zero-order valence-corrected chi connectivity index (χ0v) is 10.1. The summed E-state index contributed by atoms with van der Waals surface area (Å²) in [5, 5.41) is 21.3. The van der Waals surface area contributed by atoms with E-state index < -0.39 is 36.3 Å². The van der Waals surface area contributed by atoms with Crippen LogP contribution in [0.4, 0.5) is 0 Å². The molecule has 0 spiro atoms. The van der Waals surface area contributed by atoms with Crippen LogP contribution in [0.25, 0.3) is 0 Å². The van der Waals surface area contributed by atoms with Gasteiger partial charge in [-0.1, -0.05) is 0 Å². The highest BCUT2D eigenvalue weighted by molar-refractivity contribution is 6.27. The van der Waals surface area contributed by atoms with E-state index in [2.05, 4.69) is 10.6 Å². The molecule has 0 radical (unpaired) electrons. The maximum absolute atomic E-state index is 11.1. The maximum atomic E-state index is 11.1. The Labute approximate surface area is 107 Å². The summed E-state index contributed by atoms with van der Waals surface area (Å²) in [6.45, 7) is -0.537. The third-order valence-electron chi connectivity index (χ3n) is 1.85. The van der Waals surface area contributed by atoms with Gasteiger partial charge in [0.1, 0.15) is 18.5 Å². The Bertz CT molecular complexity index is 346. The quantitative estimate of drug-likeness (QED) is 0.412. The molecule has 4 N–H and O–H groups in total. The Morgan fingerprint density at radius 3 is 2.17 bits per heavy atom. The van der Waals surface area contributed by atoms with Crippen LogP contribution in [0.5, 0.6) is 0 Å². The number of hydrogen-bond donors (Lipinski definition) is 4. The van der Waals surface area contributed by atoms with Gasteiger partial charge < -0.3 is 20.8 Å². The van der Waals surface area contributed by atoms with Crippen molar-refractivity contribution >= 4 is 35.4 Å². The number of carbonyl (C=O) groups excluding carboxylic acids is 2. The lowest BCUT2D eigenvalue weighted by atomic mass is 10.1. The first-order chi connectivity index (χ1) is 8.36. The number of nitrogens with one attached hydrogen (secondary N) is 2. The van der Waals surface area contributed by atoms with Gasteiger partial charge in [-0.05, 0) is 6.42 Å². The molecule has 0 aromatic rings. The van der Waals surface area contributed by atoms with Crippen LogP contribution < -0.4 is 10.6 Å². The summed E-state index contributed by atoms with van der Waals surface area (Å²) in [5.74, 6) is -4.14. The fraction of sp³-hybridized carbons (Fsp3) is 0.556. The number of carbonyl (C=O) groups is 4. The molecule has 0 saturated heterocycles. The lowest BCUT2D eigenvalue weighted by Crippen LogP contribution is -2.42. The molecule has 0 rings (SSSR count). The molecule has 0 bridgehead atoms. The molecule has 0 aromatic carbocycles. The number of carboxylic acids is 2. The summed E-state index contributed by atoms with van der Waals surface area (Å²) in [5.41, 5.74) is 0. The van der Waals surface area contributed by atoms with Crippen LogP contribution in [0.15, 0.2) is 0 Å². The van der Waals surface area contributed by atoms with E-state index in [1.54, 1.807) is 0 Å². The van der Waals surface area contributed by atoms with Crippen molar-refractivity contribution in [3.8, 4) is 0 Å². The highest BCUT2D eigenvalue weighted by Gasteiger charge is 2.20. The normalized spacial score (nSPS) is 11.4. The van der Waals surface area contributed by atoms with Gasteiger partial charge >= 0.3 is 11.9 Å². The second kappa shape index (κ2) is 8.29. The van der Waals surface area contributed by atoms with E-state index in [-0.39, 0.29) is 18.7 Å². The SMILES string of the molecule is O=C(O)CNC(=O)CCC(NC(=O)CCl)C(=O)O. The van der Waals surface area contributed by atoms with Crippen LogP contribution in [-0.4, -0.2) is 52.4 Å². The van der Waals surface area contributed by atoms with E-state index in [0.29, 0.717) is 0 Å². The molecule has 1 atom stereocenters. The Balaban J connectivity index is 4.11. The predicted molar refractivity (Wildman–Crippen MR) is 60.2 cm³/mol. The van der Waals surface area contributed by atoms with Gasteiger partial charge in [0.15, 0.2) is 0 Å². The van der Waals surface area contributed by atoms with E-state index in [1.807, 2.05) is 0 Å². The Hall–Kier alpha value is -1.83. The van der Waals surface area contributed by atoms with Crippen LogP contribution in [0.1, 0.15) is 12.8 Å². The standard InChI is InChI=1S/C9H13ClN2O6/c10-3-7(14)12-5(9(17)18)1-2-6(13)11-4-8(15)16/h5H,1-4H2,(H,11,13)(H,12,14)(H,15,16)(H,17,18). The van der Waals surface area contributed by atoms with Gasteiger partial charge in [0.2, 0.25) is 11.8 Å². The van der Waals surface area contributed by atoms with Crippen molar-refractivity contribution in [2.45, 2.75) is 18.9 Å². The maximum Gasteiger partial charge on any atom is 0.326 e. The van der Waals surface area contributed by atoms with Gasteiger partial charge in [0, 0.05) is 6.42 Å². The molecule has 0 fully saturated rings. The second-order valence-corrected chi connectivity index (χ2v) is 3.57. The predicted octanol–water partition coefficient (Wildman–Crippen LogP) is -1.22. The first-order valence-electron chi connectivity index (χ1n) is 4.93. The van der Waals surface area contributed by atoms with E-state index in [0.717, 1.165) is 0 Å². The zero-order valence-electron chi connectivity index (χ0n) is 9.31. The molecule has 0 aliphatic carbocycles. The monoisotopic (exact) mass is 280 g/mol. The van der Waals surface area contributed by atoms with E-state index in [1.165, 1.54) is 0 Å². The third kappa shape index (κ3) is 7.44. The number of alkyl halides is 1. The van der Waals surface area contributed by atoms with Crippen LogP contribution >= 0.6 is 11.6 Å². The molecule has 0 saturated carbocycles. The molecule has 0 heterocycles. The van der Waals surface area contributed by atoms with Gasteiger partial charge in [-0.2, -0.15) is 0 Å². The van der Waals surface area contributed by atoms with Crippen molar-refractivity contribution in [1.82, 2.24) is 10.6 Å². The summed E-state index contributed by atoms with van der Waals surface area (Å²) < 4.78 is 0. The van der Waals surface area contributed by atoms with E-state index >= 15 is 0 Å². The van der Waals surface area contributed by atoms with Gasteiger partial charge in [-0.3, -0.25) is 14.4 Å². The minimum atomic E-state index is -1.29. The van der Waals surface area contributed by atoms with Crippen molar-refractivity contribution in [3.63, 3.8) is 0 Å².